The molecule has 2 atom stereocenters. The van der Waals surface area contributed by atoms with Gasteiger partial charge in [-0.3, -0.25) is 9.79 Å². The molecule has 0 spiro atoms. The van der Waals surface area contributed by atoms with E-state index in [4.69, 9.17) is 14.9 Å². The molecule has 4 N–H and O–H groups in total. The Morgan fingerprint density at radius 3 is 2.54 bits per heavy atom. The largest absolute Gasteiger partial charge is 0.527 e. The molecule has 0 aromatic carbocycles. The first kappa shape index (κ1) is 10.6. The minimum absolute atomic E-state index is 0.110. The lowest BCUT2D eigenvalue weighted by Crippen LogP contribution is -2.31. The average Bonchev–Trinajstić information content (AvgIpc) is 2.31. The van der Waals surface area contributed by atoms with Crippen LogP contribution < -0.4 is 5.32 Å². The van der Waals surface area contributed by atoms with Gasteiger partial charge in [0.1, 0.15) is 6.04 Å². The van der Waals surface area contributed by atoms with E-state index in [0.717, 1.165) is 0 Å². The van der Waals surface area contributed by atoms with E-state index in [9.17, 15) is 9.36 Å². The third-order valence-electron chi connectivity index (χ3n) is 1.60. The smallest absolute Gasteiger partial charge is 0.392 e. The highest BCUT2D eigenvalue weighted by Gasteiger charge is 2.33. The lowest BCUT2D eigenvalue weighted by Gasteiger charge is -2.09. The number of carbonyl (C=O) groups is 1. The van der Waals surface area contributed by atoms with Gasteiger partial charge in [-0.15, -0.1) is 0 Å². The van der Waals surface area contributed by atoms with E-state index in [1.165, 1.54) is 0 Å². The van der Waals surface area contributed by atoms with Crippen molar-refractivity contribution in [2.75, 3.05) is 6.54 Å². The highest BCUT2D eigenvalue weighted by molar-refractivity contribution is 7.46. The highest BCUT2D eigenvalue weighted by atomic mass is 31.2. The second kappa shape index (κ2) is 3.73. The second-order valence-electron chi connectivity index (χ2n) is 2.75. The summed E-state index contributed by atoms with van der Waals surface area (Å²) in [5.74, 6) is -1.04. The molecule has 1 aliphatic rings. The fourth-order valence-corrected chi connectivity index (χ4v) is 1.44. The van der Waals surface area contributed by atoms with Crippen LogP contribution in [-0.4, -0.2) is 39.6 Å². The van der Waals surface area contributed by atoms with E-state index in [2.05, 4.69) is 9.84 Å². The molecule has 1 heterocycles. The first-order valence-electron chi connectivity index (χ1n) is 3.59. The monoisotopic (exact) mass is 211 g/mol. The Kier molecular flexibility index (Phi) is 3.05. The van der Waals surface area contributed by atoms with Crippen LogP contribution in [-0.2, 0) is 13.9 Å². The van der Waals surface area contributed by atoms with Crippen molar-refractivity contribution in [2.45, 2.75) is 18.6 Å². The van der Waals surface area contributed by atoms with Crippen LogP contribution in [0, 0.1) is 0 Å². The van der Waals surface area contributed by atoms with Gasteiger partial charge < -0.3 is 14.9 Å². The van der Waals surface area contributed by atoms with Crippen molar-refractivity contribution in [1.29, 1.82) is 0 Å². The van der Waals surface area contributed by atoms with Gasteiger partial charge in [0.25, 0.3) is 0 Å². The van der Waals surface area contributed by atoms with E-state index in [0.29, 0.717) is 0 Å². The maximum atomic E-state index is 10.9. The minimum atomic E-state index is -4.77. The standard InChI is InChI=1S/C5H10NO6P/c7-3-1-4(6-2-3)5(8)12-13(9,10)11/h3-4,6-7H,1-2H2,(H2,9,10,11)/t3-,4+/m1/s1. The first-order chi connectivity index (χ1) is 5.88. The Bertz CT molecular complexity index is 249. The minimum Gasteiger partial charge on any atom is -0.392 e. The third kappa shape index (κ3) is 3.41. The molecule has 1 fully saturated rings. The fraction of sp³-hybridized carbons (Fsp3) is 0.800. The zero-order valence-electron chi connectivity index (χ0n) is 6.58. The normalized spacial score (nSPS) is 28.8. The summed E-state index contributed by atoms with van der Waals surface area (Å²) in [5.41, 5.74) is 0. The molecule has 76 valence electrons. The molecule has 0 aromatic heterocycles. The summed E-state index contributed by atoms with van der Waals surface area (Å²) in [6.07, 6.45) is -0.562. The number of aliphatic hydroxyl groups is 1. The maximum Gasteiger partial charge on any atom is 0.527 e. The van der Waals surface area contributed by atoms with Gasteiger partial charge in [0.2, 0.25) is 0 Å². The summed E-state index contributed by atoms with van der Waals surface area (Å²) < 4.78 is 14.1. The molecule has 1 saturated heterocycles. The summed E-state index contributed by atoms with van der Waals surface area (Å²) in [6.45, 7) is 0.223. The molecule has 0 aromatic rings. The Hall–Kier alpha value is -0.460. The van der Waals surface area contributed by atoms with Crippen molar-refractivity contribution >= 4 is 13.8 Å². The van der Waals surface area contributed by atoms with E-state index in [1.54, 1.807) is 0 Å². The topological polar surface area (TPSA) is 116 Å². The zero-order valence-corrected chi connectivity index (χ0v) is 7.48. The molecule has 13 heavy (non-hydrogen) atoms. The van der Waals surface area contributed by atoms with Crippen LogP contribution in [0.1, 0.15) is 6.42 Å². The Morgan fingerprint density at radius 2 is 2.15 bits per heavy atom. The summed E-state index contributed by atoms with van der Waals surface area (Å²) in [6, 6.07) is -0.831. The number of hydrogen-bond acceptors (Lipinski definition) is 5. The van der Waals surface area contributed by atoms with Crippen LogP contribution in [0.25, 0.3) is 0 Å². The Morgan fingerprint density at radius 1 is 1.54 bits per heavy atom. The summed E-state index contributed by atoms with van der Waals surface area (Å²) in [7, 11) is -4.77. The molecular weight excluding hydrogens is 201 g/mol. The fourth-order valence-electron chi connectivity index (χ4n) is 1.08. The number of nitrogens with one attached hydrogen (secondary N) is 1. The molecule has 0 aliphatic carbocycles. The van der Waals surface area contributed by atoms with Crippen LogP contribution in [0.4, 0.5) is 0 Å². The van der Waals surface area contributed by atoms with Crippen molar-refractivity contribution < 1.29 is 28.8 Å². The number of carbonyl (C=O) groups excluding carboxylic acids is 1. The van der Waals surface area contributed by atoms with Gasteiger partial charge in [-0.05, 0) is 0 Å². The third-order valence-corrected chi connectivity index (χ3v) is 2.02. The summed E-state index contributed by atoms with van der Waals surface area (Å²) in [4.78, 5) is 27.5. The predicted molar refractivity (Wildman–Crippen MR) is 40.6 cm³/mol. The molecule has 0 amide bonds. The predicted octanol–water partition coefficient (Wildman–Crippen LogP) is -1.65. The SMILES string of the molecule is O=C(OP(=O)(O)O)[C@@H]1C[C@@H](O)CN1. The number of hydrogen-bond donors (Lipinski definition) is 4. The van der Waals surface area contributed by atoms with E-state index in [1.807, 2.05) is 0 Å². The molecule has 1 rings (SSSR count). The number of β-amino-alcohol motifs (C(OH)–C–C–N with tert-alkyl or cyclic N) is 1. The van der Waals surface area contributed by atoms with Gasteiger partial charge in [0, 0.05) is 13.0 Å². The van der Waals surface area contributed by atoms with Crippen molar-refractivity contribution in [3.8, 4) is 0 Å². The molecule has 1 aliphatic heterocycles. The molecular formula is C5H10NO6P. The maximum absolute atomic E-state index is 10.9. The molecule has 0 saturated carbocycles. The number of rotatable bonds is 2. The van der Waals surface area contributed by atoms with Crippen LogP contribution >= 0.6 is 7.82 Å². The first-order valence-corrected chi connectivity index (χ1v) is 5.12. The Labute approximate surface area is 74.0 Å². The second-order valence-corrected chi connectivity index (χ2v) is 3.91. The molecule has 7 nitrogen and oxygen atoms in total. The van der Waals surface area contributed by atoms with Gasteiger partial charge in [-0.1, -0.05) is 0 Å². The lowest BCUT2D eigenvalue weighted by molar-refractivity contribution is -0.137. The van der Waals surface area contributed by atoms with Crippen LogP contribution in [0.2, 0.25) is 0 Å². The van der Waals surface area contributed by atoms with Crippen molar-refractivity contribution in [3.05, 3.63) is 0 Å². The quantitative estimate of drug-likeness (QED) is 0.404. The lowest BCUT2D eigenvalue weighted by atomic mass is 10.2. The number of aliphatic hydroxyl groups excluding tert-OH is 1. The number of phosphoric ester groups is 1. The van der Waals surface area contributed by atoms with Gasteiger partial charge in [0.15, 0.2) is 0 Å². The van der Waals surface area contributed by atoms with E-state index >= 15 is 0 Å². The van der Waals surface area contributed by atoms with Gasteiger partial charge in [0.05, 0.1) is 6.10 Å². The molecule has 0 radical (unpaired) electrons. The van der Waals surface area contributed by atoms with Crippen LogP contribution in [0.15, 0.2) is 0 Å². The van der Waals surface area contributed by atoms with Gasteiger partial charge >= 0.3 is 13.8 Å². The average molecular weight is 211 g/mol. The van der Waals surface area contributed by atoms with Crippen molar-refractivity contribution in [3.63, 3.8) is 0 Å². The van der Waals surface area contributed by atoms with Crippen molar-refractivity contribution in [1.82, 2.24) is 5.32 Å². The van der Waals surface area contributed by atoms with E-state index < -0.39 is 25.9 Å². The summed E-state index contributed by atoms with van der Waals surface area (Å²) >= 11 is 0. The zero-order chi connectivity index (χ0) is 10.1. The molecule has 0 unspecified atom stereocenters. The molecule has 8 heteroatoms. The van der Waals surface area contributed by atoms with E-state index in [-0.39, 0.29) is 13.0 Å². The number of phosphoric acid groups is 1. The van der Waals surface area contributed by atoms with Crippen LogP contribution in [0.3, 0.4) is 0 Å². The Balaban J connectivity index is 2.45. The van der Waals surface area contributed by atoms with Crippen LogP contribution in [0.5, 0.6) is 0 Å². The highest BCUT2D eigenvalue weighted by Crippen LogP contribution is 2.36. The van der Waals surface area contributed by atoms with Gasteiger partial charge in [-0.25, -0.2) is 9.36 Å². The summed E-state index contributed by atoms with van der Waals surface area (Å²) in [5, 5.41) is 11.5. The van der Waals surface area contributed by atoms with Gasteiger partial charge in [-0.2, -0.15) is 0 Å². The molecule has 0 bridgehead atoms. The van der Waals surface area contributed by atoms with Crippen molar-refractivity contribution in [2.24, 2.45) is 0 Å².